The topological polar surface area (TPSA) is 111 Å². The molecule has 0 atom stereocenters. The Hall–Kier alpha value is -4.18. The van der Waals surface area contributed by atoms with Gasteiger partial charge in [0.15, 0.2) is 0 Å². The van der Waals surface area contributed by atoms with E-state index in [2.05, 4.69) is 26.2 Å². The summed E-state index contributed by atoms with van der Waals surface area (Å²) in [5.41, 5.74) is 2.17. The minimum Gasteiger partial charge on any atom is -0.497 e. The predicted octanol–water partition coefficient (Wildman–Crippen LogP) is 3.65. The minimum atomic E-state index is -0.336. The van der Waals surface area contributed by atoms with Crippen LogP contribution in [0.4, 0.5) is 11.4 Å². The van der Waals surface area contributed by atoms with Crippen LogP contribution in [0.1, 0.15) is 10.4 Å². The number of benzene rings is 3. The van der Waals surface area contributed by atoms with Crippen LogP contribution < -0.4 is 15.4 Å². The Bertz CT molecular complexity index is 1240. The van der Waals surface area contributed by atoms with Gasteiger partial charge < -0.3 is 15.4 Å². The zero-order chi connectivity index (χ0) is 23.0. The molecule has 3 aromatic carbocycles. The second-order valence-corrected chi connectivity index (χ2v) is 7.72. The summed E-state index contributed by atoms with van der Waals surface area (Å²) >= 11 is 1.20. The summed E-state index contributed by atoms with van der Waals surface area (Å²) in [6.07, 6.45) is 0. The van der Waals surface area contributed by atoms with Gasteiger partial charge in [-0.05, 0) is 59.0 Å². The maximum atomic E-state index is 12.8. The van der Waals surface area contributed by atoms with Crippen LogP contribution in [-0.2, 0) is 4.79 Å². The van der Waals surface area contributed by atoms with Crippen LogP contribution in [0.2, 0.25) is 0 Å². The molecule has 2 N–H and O–H groups in total. The van der Waals surface area contributed by atoms with Crippen molar-refractivity contribution in [2.75, 3.05) is 23.5 Å². The Morgan fingerprint density at radius 2 is 1.67 bits per heavy atom. The fourth-order valence-electron chi connectivity index (χ4n) is 2.98. The standard InChI is InChI=1S/C23H20N6O3S/c1-32-18-13-11-16(12-14-18)24-22(31)19-9-5-6-10-20(19)25-21(30)15-33-23-26-27-28-29(23)17-7-3-2-4-8-17/h2-14H,15H2,1H3,(H,24,31)(H,25,30). The molecule has 2 amide bonds. The fourth-order valence-corrected chi connectivity index (χ4v) is 3.67. The Kier molecular flexibility index (Phi) is 6.96. The van der Waals surface area contributed by atoms with Crippen LogP contribution in [0.5, 0.6) is 5.75 Å². The van der Waals surface area contributed by atoms with Gasteiger partial charge in [0, 0.05) is 5.69 Å². The molecule has 0 aliphatic heterocycles. The van der Waals surface area contributed by atoms with Crippen molar-refractivity contribution in [1.29, 1.82) is 0 Å². The second kappa shape index (κ2) is 10.4. The quantitative estimate of drug-likeness (QED) is 0.386. The zero-order valence-electron chi connectivity index (χ0n) is 17.6. The van der Waals surface area contributed by atoms with Crippen molar-refractivity contribution >= 4 is 35.0 Å². The maximum absolute atomic E-state index is 12.8. The summed E-state index contributed by atoms with van der Waals surface area (Å²) in [7, 11) is 1.58. The number of rotatable bonds is 8. The molecule has 0 unspecified atom stereocenters. The first-order valence-electron chi connectivity index (χ1n) is 9.95. The first-order valence-corrected chi connectivity index (χ1v) is 10.9. The molecule has 0 bridgehead atoms. The van der Waals surface area contributed by atoms with Gasteiger partial charge in [0.25, 0.3) is 5.91 Å². The third-order valence-electron chi connectivity index (χ3n) is 4.57. The molecule has 0 saturated carbocycles. The van der Waals surface area contributed by atoms with E-state index in [1.807, 2.05) is 30.3 Å². The molecule has 9 nitrogen and oxygen atoms in total. The number of thioether (sulfide) groups is 1. The van der Waals surface area contributed by atoms with Gasteiger partial charge in [0.05, 0.1) is 29.8 Å². The molecule has 0 aliphatic rings. The Balaban J connectivity index is 1.40. The molecule has 0 saturated heterocycles. The van der Waals surface area contributed by atoms with Crippen LogP contribution in [0, 0.1) is 0 Å². The zero-order valence-corrected chi connectivity index (χ0v) is 18.5. The minimum absolute atomic E-state index is 0.0711. The number of carbonyl (C=O) groups excluding carboxylic acids is 2. The van der Waals surface area contributed by atoms with Crippen molar-refractivity contribution in [3.63, 3.8) is 0 Å². The Morgan fingerprint density at radius 3 is 2.42 bits per heavy atom. The summed E-state index contributed by atoms with van der Waals surface area (Å²) in [4.78, 5) is 25.4. The monoisotopic (exact) mass is 460 g/mol. The number of tetrazole rings is 1. The molecule has 33 heavy (non-hydrogen) atoms. The first-order chi connectivity index (χ1) is 16.1. The highest BCUT2D eigenvalue weighted by Crippen LogP contribution is 2.21. The van der Waals surface area contributed by atoms with E-state index in [0.29, 0.717) is 27.8 Å². The van der Waals surface area contributed by atoms with Gasteiger partial charge in [0.2, 0.25) is 11.1 Å². The van der Waals surface area contributed by atoms with E-state index in [4.69, 9.17) is 4.74 Å². The lowest BCUT2D eigenvalue weighted by Crippen LogP contribution is -2.19. The van der Waals surface area contributed by atoms with Crippen molar-refractivity contribution in [1.82, 2.24) is 20.2 Å². The maximum Gasteiger partial charge on any atom is 0.257 e. The van der Waals surface area contributed by atoms with Crippen LogP contribution in [0.15, 0.2) is 84.0 Å². The van der Waals surface area contributed by atoms with Gasteiger partial charge in [-0.2, -0.15) is 4.68 Å². The second-order valence-electron chi connectivity index (χ2n) is 6.77. The van der Waals surface area contributed by atoms with Crippen LogP contribution in [0.25, 0.3) is 5.69 Å². The highest BCUT2D eigenvalue weighted by molar-refractivity contribution is 7.99. The van der Waals surface area contributed by atoms with Crippen molar-refractivity contribution in [3.8, 4) is 11.4 Å². The SMILES string of the molecule is COc1ccc(NC(=O)c2ccccc2NC(=O)CSc2nnnn2-c2ccccc2)cc1. The number of hydrogen-bond acceptors (Lipinski definition) is 7. The number of methoxy groups -OCH3 is 1. The van der Waals surface area contributed by atoms with Gasteiger partial charge in [0.1, 0.15) is 5.75 Å². The smallest absolute Gasteiger partial charge is 0.257 e. The number of nitrogens with zero attached hydrogens (tertiary/aromatic N) is 4. The van der Waals surface area contributed by atoms with Crippen LogP contribution >= 0.6 is 11.8 Å². The first kappa shape index (κ1) is 22.0. The molecule has 4 aromatic rings. The van der Waals surface area contributed by atoms with Crippen molar-refractivity contribution in [2.24, 2.45) is 0 Å². The van der Waals surface area contributed by atoms with Crippen molar-refractivity contribution in [3.05, 3.63) is 84.4 Å². The molecule has 0 aliphatic carbocycles. The third kappa shape index (κ3) is 5.55. The Labute approximate surface area is 194 Å². The molecular weight excluding hydrogens is 440 g/mol. The molecule has 4 rings (SSSR count). The number of hydrogen-bond donors (Lipinski definition) is 2. The summed E-state index contributed by atoms with van der Waals surface area (Å²) in [5, 5.41) is 17.8. The van der Waals surface area contributed by atoms with Crippen LogP contribution in [0.3, 0.4) is 0 Å². The molecule has 1 heterocycles. The van der Waals surface area contributed by atoms with Gasteiger partial charge in [-0.1, -0.05) is 42.1 Å². The van der Waals surface area contributed by atoms with Gasteiger partial charge >= 0.3 is 0 Å². The number of nitrogens with one attached hydrogen (secondary N) is 2. The lowest BCUT2D eigenvalue weighted by Gasteiger charge is -2.12. The summed E-state index contributed by atoms with van der Waals surface area (Å²) in [6, 6.07) is 23.2. The highest BCUT2D eigenvalue weighted by atomic mass is 32.2. The van der Waals surface area contributed by atoms with E-state index in [0.717, 1.165) is 5.69 Å². The number of ether oxygens (including phenoxy) is 1. The van der Waals surface area contributed by atoms with Gasteiger partial charge in [-0.25, -0.2) is 0 Å². The summed E-state index contributed by atoms with van der Waals surface area (Å²) < 4.78 is 6.69. The number of aromatic nitrogens is 4. The molecule has 0 fully saturated rings. The van der Waals surface area contributed by atoms with Gasteiger partial charge in [-0.3, -0.25) is 9.59 Å². The van der Waals surface area contributed by atoms with E-state index < -0.39 is 0 Å². The summed E-state index contributed by atoms with van der Waals surface area (Å²) in [5.74, 6) is 0.141. The number of carbonyl (C=O) groups is 2. The normalized spacial score (nSPS) is 10.5. The van der Waals surface area contributed by atoms with Gasteiger partial charge in [-0.15, -0.1) is 5.10 Å². The summed E-state index contributed by atoms with van der Waals surface area (Å²) in [6.45, 7) is 0. The van der Waals surface area contributed by atoms with E-state index >= 15 is 0 Å². The molecule has 1 aromatic heterocycles. The predicted molar refractivity (Wildman–Crippen MR) is 126 cm³/mol. The number of amides is 2. The largest absolute Gasteiger partial charge is 0.497 e. The number of para-hydroxylation sites is 2. The van der Waals surface area contributed by atoms with Crippen LogP contribution in [-0.4, -0.2) is 44.9 Å². The third-order valence-corrected chi connectivity index (χ3v) is 5.49. The molecular formula is C23H20N6O3S. The average Bonchev–Trinajstić information content (AvgIpc) is 3.33. The van der Waals surface area contributed by atoms with E-state index in [9.17, 15) is 9.59 Å². The number of anilines is 2. The molecule has 166 valence electrons. The fraction of sp³-hybridized carbons (Fsp3) is 0.0870. The highest BCUT2D eigenvalue weighted by Gasteiger charge is 2.15. The molecule has 0 radical (unpaired) electrons. The Morgan fingerprint density at radius 1 is 0.939 bits per heavy atom. The molecule has 10 heteroatoms. The average molecular weight is 461 g/mol. The van der Waals surface area contributed by atoms with E-state index in [1.54, 1.807) is 60.3 Å². The van der Waals surface area contributed by atoms with Crippen molar-refractivity contribution < 1.29 is 14.3 Å². The van der Waals surface area contributed by atoms with E-state index in [-0.39, 0.29) is 17.6 Å². The molecule has 0 spiro atoms. The van der Waals surface area contributed by atoms with E-state index in [1.165, 1.54) is 11.8 Å². The lowest BCUT2D eigenvalue weighted by molar-refractivity contribution is -0.113. The lowest BCUT2D eigenvalue weighted by atomic mass is 10.1. The van der Waals surface area contributed by atoms with Crippen molar-refractivity contribution in [2.45, 2.75) is 5.16 Å².